The van der Waals surface area contributed by atoms with Crippen molar-refractivity contribution in [3.05, 3.63) is 77.9 Å². The van der Waals surface area contributed by atoms with Gasteiger partial charge in [0.15, 0.2) is 0 Å². The third-order valence-corrected chi connectivity index (χ3v) is 4.96. The van der Waals surface area contributed by atoms with E-state index < -0.39 is 16.1 Å². The zero-order valence-corrected chi connectivity index (χ0v) is 13.7. The molecule has 1 N–H and O–H groups in total. The Morgan fingerprint density at radius 3 is 2.30 bits per heavy atom. The van der Waals surface area contributed by atoms with Crippen LogP contribution in [0.2, 0.25) is 0 Å². The fourth-order valence-electron chi connectivity index (χ4n) is 2.18. The third-order valence-electron chi connectivity index (χ3n) is 3.47. The lowest BCUT2D eigenvalue weighted by Gasteiger charge is -2.18. The number of hydrogen-bond acceptors (Lipinski definition) is 3. The van der Waals surface area contributed by atoms with Crippen LogP contribution in [0.4, 0.5) is 0 Å². The first-order chi connectivity index (χ1) is 11.0. The SMILES string of the molecule is C=CCC(NS(=O)(=O)c1ccc(C)cc1)c1ccc(C#N)cc1. The van der Waals surface area contributed by atoms with Crippen LogP contribution < -0.4 is 4.72 Å². The molecule has 0 aliphatic carbocycles. The minimum atomic E-state index is -3.63. The van der Waals surface area contributed by atoms with Crippen LogP contribution in [0.5, 0.6) is 0 Å². The Morgan fingerprint density at radius 1 is 1.17 bits per heavy atom. The monoisotopic (exact) mass is 326 g/mol. The quantitative estimate of drug-likeness (QED) is 0.826. The van der Waals surface area contributed by atoms with Gasteiger partial charge in [-0.25, -0.2) is 13.1 Å². The molecule has 118 valence electrons. The molecule has 0 fully saturated rings. The highest BCUT2D eigenvalue weighted by atomic mass is 32.2. The van der Waals surface area contributed by atoms with Crippen LogP contribution in [0, 0.1) is 18.3 Å². The maximum absolute atomic E-state index is 12.5. The molecule has 0 saturated heterocycles. The lowest BCUT2D eigenvalue weighted by atomic mass is 10.0. The summed E-state index contributed by atoms with van der Waals surface area (Å²) in [7, 11) is -3.63. The first kappa shape index (κ1) is 16.9. The second kappa shape index (κ2) is 7.23. The Hall–Kier alpha value is -2.42. The molecule has 23 heavy (non-hydrogen) atoms. The molecule has 0 radical (unpaired) electrons. The lowest BCUT2D eigenvalue weighted by molar-refractivity contribution is 0.557. The average Bonchev–Trinajstić information content (AvgIpc) is 2.55. The van der Waals surface area contributed by atoms with Gasteiger partial charge in [0.25, 0.3) is 0 Å². The van der Waals surface area contributed by atoms with Crippen LogP contribution in [0.15, 0.2) is 66.1 Å². The molecule has 5 heteroatoms. The van der Waals surface area contributed by atoms with E-state index >= 15 is 0 Å². The smallest absolute Gasteiger partial charge is 0.207 e. The van der Waals surface area contributed by atoms with Crippen molar-refractivity contribution in [1.29, 1.82) is 5.26 Å². The van der Waals surface area contributed by atoms with Crippen molar-refractivity contribution in [1.82, 2.24) is 4.72 Å². The molecule has 1 unspecified atom stereocenters. The van der Waals surface area contributed by atoms with Gasteiger partial charge in [0.1, 0.15) is 0 Å². The van der Waals surface area contributed by atoms with Crippen LogP contribution in [-0.4, -0.2) is 8.42 Å². The van der Waals surface area contributed by atoms with Gasteiger partial charge >= 0.3 is 0 Å². The zero-order valence-electron chi connectivity index (χ0n) is 12.9. The predicted molar refractivity (Wildman–Crippen MR) is 90.2 cm³/mol. The number of nitrogens with zero attached hydrogens (tertiary/aromatic N) is 1. The molecular weight excluding hydrogens is 308 g/mol. The van der Waals surface area contributed by atoms with Gasteiger partial charge in [-0.05, 0) is 43.2 Å². The molecular formula is C18H18N2O2S. The summed E-state index contributed by atoms with van der Waals surface area (Å²) in [4.78, 5) is 0.228. The molecule has 0 aromatic heterocycles. The van der Waals surface area contributed by atoms with Crippen molar-refractivity contribution in [2.75, 3.05) is 0 Å². The van der Waals surface area contributed by atoms with Gasteiger partial charge in [-0.2, -0.15) is 5.26 Å². The highest BCUT2D eigenvalue weighted by Crippen LogP contribution is 2.21. The van der Waals surface area contributed by atoms with Crippen molar-refractivity contribution in [2.24, 2.45) is 0 Å². The van der Waals surface area contributed by atoms with Crippen LogP contribution in [0.1, 0.15) is 29.2 Å². The van der Waals surface area contributed by atoms with E-state index in [0.29, 0.717) is 12.0 Å². The first-order valence-electron chi connectivity index (χ1n) is 7.16. The van der Waals surface area contributed by atoms with Crippen molar-refractivity contribution < 1.29 is 8.42 Å². The molecule has 0 spiro atoms. The number of rotatable bonds is 6. The molecule has 0 bridgehead atoms. The highest BCUT2D eigenvalue weighted by Gasteiger charge is 2.20. The largest absolute Gasteiger partial charge is 0.241 e. The van der Waals surface area contributed by atoms with Crippen LogP contribution >= 0.6 is 0 Å². The average molecular weight is 326 g/mol. The van der Waals surface area contributed by atoms with Crippen molar-refractivity contribution in [3.8, 4) is 6.07 Å². The van der Waals surface area contributed by atoms with E-state index in [1.807, 2.05) is 13.0 Å². The second-order valence-electron chi connectivity index (χ2n) is 5.25. The molecule has 2 aromatic carbocycles. The summed E-state index contributed by atoms with van der Waals surface area (Å²) in [6.07, 6.45) is 2.12. The number of aryl methyl sites for hydroxylation is 1. The molecule has 0 saturated carbocycles. The van der Waals surface area contributed by atoms with Gasteiger partial charge in [-0.1, -0.05) is 35.9 Å². The molecule has 4 nitrogen and oxygen atoms in total. The van der Waals surface area contributed by atoms with Gasteiger partial charge in [0.2, 0.25) is 10.0 Å². The molecule has 2 rings (SSSR count). The summed E-state index contributed by atoms with van der Waals surface area (Å²) in [6.45, 7) is 5.59. The minimum absolute atomic E-state index is 0.228. The Balaban J connectivity index is 2.29. The Bertz CT molecular complexity index is 817. The highest BCUT2D eigenvalue weighted by molar-refractivity contribution is 7.89. The predicted octanol–water partition coefficient (Wildman–Crippen LogP) is 3.46. The van der Waals surface area contributed by atoms with Crippen LogP contribution in [0.3, 0.4) is 0 Å². The van der Waals surface area contributed by atoms with E-state index in [0.717, 1.165) is 11.1 Å². The van der Waals surface area contributed by atoms with Gasteiger partial charge in [0.05, 0.1) is 22.6 Å². The number of hydrogen-bond donors (Lipinski definition) is 1. The summed E-state index contributed by atoms with van der Waals surface area (Å²) >= 11 is 0. The number of nitriles is 1. The van der Waals surface area contributed by atoms with E-state index in [9.17, 15) is 8.42 Å². The van der Waals surface area contributed by atoms with Gasteiger partial charge in [-0.3, -0.25) is 0 Å². The van der Waals surface area contributed by atoms with Gasteiger partial charge in [0, 0.05) is 0 Å². The summed E-state index contributed by atoms with van der Waals surface area (Å²) < 4.78 is 27.8. The van der Waals surface area contributed by atoms with E-state index in [1.54, 1.807) is 54.6 Å². The van der Waals surface area contributed by atoms with Crippen LogP contribution in [-0.2, 0) is 10.0 Å². The molecule has 0 heterocycles. The molecule has 0 amide bonds. The van der Waals surface area contributed by atoms with Crippen LogP contribution in [0.25, 0.3) is 0 Å². The van der Waals surface area contributed by atoms with Gasteiger partial charge in [-0.15, -0.1) is 6.58 Å². The number of nitrogens with one attached hydrogen (secondary N) is 1. The van der Waals surface area contributed by atoms with Crippen molar-refractivity contribution in [3.63, 3.8) is 0 Å². The third kappa shape index (κ3) is 4.28. The summed E-state index contributed by atoms with van der Waals surface area (Å²) in [5, 5.41) is 8.85. The fourth-order valence-corrected chi connectivity index (χ4v) is 3.42. The maximum atomic E-state index is 12.5. The first-order valence-corrected chi connectivity index (χ1v) is 8.64. The second-order valence-corrected chi connectivity index (χ2v) is 6.96. The number of sulfonamides is 1. The topological polar surface area (TPSA) is 70.0 Å². The maximum Gasteiger partial charge on any atom is 0.241 e. The molecule has 0 aliphatic rings. The minimum Gasteiger partial charge on any atom is -0.207 e. The summed E-state index contributed by atoms with van der Waals surface area (Å²) in [6, 6.07) is 15.2. The standard InChI is InChI=1S/C18H18N2O2S/c1-3-4-18(16-9-7-15(13-19)8-10-16)20-23(21,22)17-11-5-14(2)6-12-17/h3,5-12,18,20H,1,4H2,2H3. The van der Waals surface area contributed by atoms with E-state index in [-0.39, 0.29) is 4.90 Å². The summed E-state index contributed by atoms with van der Waals surface area (Å²) in [5.41, 5.74) is 2.32. The Kier molecular flexibility index (Phi) is 5.32. The Morgan fingerprint density at radius 2 is 1.78 bits per heavy atom. The Labute approximate surface area is 137 Å². The normalized spacial score (nSPS) is 12.3. The molecule has 0 aliphatic heterocycles. The summed E-state index contributed by atoms with van der Waals surface area (Å²) in [5.74, 6) is 0. The van der Waals surface area contributed by atoms with E-state index in [1.165, 1.54) is 0 Å². The lowest BCUT2D eigenvalue weighted by Crippen LogP contribution is -2.28. The fraction of sp³-hybridized carbons (Fsp3) is 0.167. The van der Waals surface area contributed by atoms with E-state index in [2.05, 4.69) is 11.3 Å². The molecule has 1 atom stereocenters. The van der Waals surface area contributed by atoms with Crippen molar-refractivity contribution in [2.45, 2.75) is 24.3 Å². The number of benzene rings is 2. The molecule has 2 aromatic rings. The van der Waals surface area contributed by atoms with Gasteiger partial charge < -0.3 is 0 Å². The van der Waals surface area contributed by atoms with Crippen molar-refractivity contribution >= 4 is 10.0 Å². The zero-order chi connectivity index (χ0) is 16.9. The van der Waals surface area contributed by atoms with E-state index in [4.69, 9.17) is 5.26 Å².